The van der Waals surface area contributed by atoms with Gasteiger partial charge in [-0.05, 0) is 25.5 Å². The Morgan fingerprint density at radius 1 is 1.62 bits per heavy atom. The Kier molecular flexibility index (Phi) is 4.62. The van der Waals surface area contributed by atoms with E-state index in [1.807, 2.05) is 6.07 Å². The predicted molar refractivity (Wildman–Crippen MR) is 83.9 cm³/mol. The van der Waals surface area contributed by atoms with E-state index in [9.17, 15) is 10.2 Å². The molecule has 1 N–H and O–H groups in total. The van der Waals surface area contributed by atoms with E-state index in [0.29, 0.717) is 21.8 Å². The average Bonchev–Trinajstić information content (AvgIpc) is 2.47. The molecule has 0 spiro atoms. The van der Waals surface area contributed by atoms with Gasteiger partial charge in [0, 0.05) is 23.7 Å². The molecule has 0 saturated carbocycles. The van der Waals surface area contributed by atoms with Crippen LogP contribution >= 0.6 is 12.2 Å². The molecule has 0 fully saturated rings. The van der Waals surface area contributed by atoms with Crippen LogP contribution in [-0.2, 0) is 9.53 Å². The molecular weight excluding hydrogens is 286 g/mol. The Labute approximate surface area is 128 Å². The minimum atomic E-state index is -0.545. The highest BCUT2D eigenvalue weighted by atomic mass is 32.1. The topological polar surface area (TPSA) is 73.5 Å². The number of rotatable bonds is 3. The summed E-state index contributed by atoms with van der Waals surface area (Å²) in [5, 5.41) is 12.3. The first kappa shape index (κ1) is 15.1. The van der Waals surface area contributed by atoms with Gasteiger partial charge in [0.15, 0.2) is 0 Å². The highest BCUT2D eigenvalue weighted by Crippen LogP contribution is 2.36. The number of pyridine rings is 1. The molecular formula is C15H14N3O2S-. The number of aromatic nitrogens is 1. The van der Waals surface area contributed by atoms with Gasteiger partial charge in [-0.15, -0.1) is 0 Å². The maximum absolute atomic E-state index is 12.3. The lowest BCUT2D eigenvalue weighted by atomic mass is 9.82. The number of thiocarbonyl (C=S) groups is 1. The zero-order chi connectivity index (χ0) is 15.4. The van der Waals surface area contributed by atoms with Crippen molar-refractivity contribution in [3.63, 3.8) is 0 Å². The summed E-state index contributed by atoms with van der Waals surface area (Å²) in [5.41, 5.74) is 2.06. The van der Waals surface area contributed by atoms with Crippen molar-refractivity contribution < 1.29 is 9.53 Å². The van der Waals surface area contributed by atoms with Gasteiger partial charge in [-0.2, -0.15) is 0 Å². The van der Waals surface area contributed by atoms with Crippen molar-refractivity contribution in [3.05, 3.63) is 52.3 Å². The molecule has 0 radical (unpaired) electrons. The first-order chi connectivity index (χ1) is 10.1. The van der Waals surface area contributed by atoms with Gasteiger partial charge in [-0.25, -0.2) is 4.79 Å². The van der Waals surface area contributed by atoms with E-state index in [2.05, 4.69) is 16.2 Å². The molecule has 2 rings (SSSR count). The maximum atomic E-state index is 12.3. The van der Waals surface area contributed by atoms with Gasteiger partial charge in [0.2, 0.25) is 0 Å². The highest BCUT2D eigenvalue weighted by molar-refractivity contribution is 7.80. The molecule has 1 aliphatic heterocycles. The van der Waals surface area contributed by atoms with E-state index in [-0.39, 0.29) is 6.61 Å². The van der Waals surface area contributed by atoms with Crippen molar-refractivity contribution in [2.24, 2.45) is 0 Å². The Balaban J connectivity index is 2.62. The number of nitrogens with one attached hydrogen (secondary N) is 1. The molecule has 2 heterocycles. The quantitative estimate of drug-likeness (QED) is 0.400. The molecule has 6 heteroatoms. The number of nitrogens with zero attached hydrogens (tertiary/aromatic N) is 2. The molecule has 1 aliphatic rings. The zero-order valence-corrected chi connectivity index (χ0v) is 12.5. The van der Waals surface area contributed by atoms with Crippen LogP contribution in [0.4, 0.5) is 0 Å². The van der Waals surface area contributed by atoms with Gasteiger partial charge < -0.3 is 15.5 Å². The number of allylic oxidation sites excluding steroid dienone is 1. The van der Waals surface area contributed by atoms with Crippen LogP contribution in [0.15, 0.2) is 41.4 Å². The lowest BCUT2D eigenvalue weighted by Crippen LogP contribution is -2.35. The lowest BCUT2D eigenvalue weighted by molar-refractivity contribution is -0.138. The summed E-state index contributed by atoms with van der Waals surface area (Å²) >= 11 is 5.21. The monoisotopic (exact) mass is 300 g/mol. The molecule has 0 aliphatic carbocycles. The minimum absolute atomic E-state index is 0.266. The molecule has 5 nitrogen and oxygen atoms in total. The van der Waals surface area contributed by atoms with Crippen LogP contribution in [0.1, 0.15) is 25.3 Å². The van der Waals surface area contributed by atoms with Crippen LogP contribution in [0, 0.1) is 0 Å². The molecule has 0 aromatic carbocycles. The molecule has 0 bridgehead atoms. The van der Waals surface area contributed by atoms with E-state index < -0.39 is 11.9 Å². The van der Waals surface area contributed by atoms with E-state index in [4.69, 9.17) is 17.0 Å². The van der Waals surface area contributed by atoms with Crippen LogP contribution in [0.25, 0.3) is 5.41 Å². The van der Waals surface area contributed by atoms with Gasteiger partial charge in [-0.1, -0.05) is 18.3 Å². The van der Waals surface area contributed by atoms with Crippen molar-refractivity contribution in [3.8, 4) is 0 Å². The Morgan fingerprint density at radius 3 is 2.95 bits per heavy atom. The van der Waals surface area contributed by atoms with Gasteiger partial charge in [0.05, 0.1) is 18.1 Å². The first-order valence-corrected chi connectivity index (χ1v) is 6.87. The Hall–Kier alpha value is -2.30. The lowest BCUT2D eigenvalue weighted by Gasteiger charge is -2.30. The molecule has 108 valence electrons. The van der Waals surface area contributed by atoms with Crippen molar-refractivity contribution >= 4 is 29.0 Å². The van der Waals surface area contributed by atoms with Crippen LogP contribution in [0.2, 0.25) is 0 Å². The largest absolute Gasteiger partial charge is 0.763 e. The third-order valence-corrected chi connectivity index (χ3v) is 3.48. The number of ether oxygens (including phenoxy) is 1. The minimum Gasteiger partial charge on any atom is -0.763 e. The van der Waals surface area contributed by atoms with Crippen molar-refractivity contribution in [1.82, 2.24) is 10.3 Å². The van der Waals surface area contributed by atoms with Crippen LogP contribution in [-0.4, -0.2) is 28.4 Å². The summed E-state index contributed by atoms with van der Waals surface area (Å²) in [7, 11) is 0. The fourth-order valence-corrected chi connectivity index (χ4v) is 2.59. The van der Waals surface area contributed by atoms with E-state index in [1.165, 1.54) is 0 Å². The number of carbonyl (C=O) groups is 1. The van der Waals surface area contributed by atoms with Gasteiger partial charge >= 0.3 is 5.97 Å². The van der Waals surface area contributed by atoms with Crippen molar-refractivity contribution in [2.45, 2.75) is 19.8 Å². The summed E-state index contributed by atoms with van der Waals surface area (Å²) in [6.45, 7) is 3.75. The van der Waals surface area contributed by atoms with Gasteiger partial charge in [-0.3, -0.25) is 10.9 Å². The standard InChI is InChI=1S/C15H14N3O2S/c1-3-20-15(19)12-9(2)18-14(21)11(7-16)13(12)10-5-4-6-17-8-10/h4-6,8,13H,3H2,1-2H3,(H,18,21)/q-1. The predicted octanol–water partition coefficient (Wildman–Crippen LogP) is 2.10. The summed E-state index contributed by atoms with van der Waals surface area (Å²) in [6, 6.07) is 3.57. The molecule has 1 atom stereocenters. The number of hydrogen-bond acceptors (Lipinski definition) is 4. The molecule has 21 heavy (non-hydrogen) atoms. The second kappa shape index (κ2) is 6.43. The third-order valence-electron chi connectivity index (χ3n) is 3.16. The first-order valence-electron chi connectivity index (χ1n) is 6.46. The van der Waals surface area contributed by atoms with Gasteiger partial charge in [0.1, 0.15) is 4.99 Å². The van der Waals surface area contributed by atoms with E-state index in [1.54, 1.807) is 32.3 Å². The molecule has 0 saturated heterocycles. The Bertz CT molecular complexity index is 661. The average molecular weight is 300 g/mol. The molecule has 1 aromatic heterocycles. The van der Waals surface area contributed by atoms with Crippen LogP contribution in [0.3, 0.4) is 0 Å². The number of carbonyl (C=O) groups excluding carboxylic acids is 1. The van der Waals surface area contributed by atoms with Gasteiger partial charge in [0.25, 0.3) is 0 Å². The summed E-state index contributed by atoms with van der Waals surface area (Å²) < 4.78 is 5.11. The second-order valence-electron chi connectivity index (χ2n) is 4.46. The molecule has 1 unspecified atom stereocenters. The fourth-order valence-electron chi connectivity index (χ4n) is 2.27. The van der Waals surface area contributed by atoms with E-state index in [0.717, 1.165) is 5.56 Å². The van der Waals surface area contributed by atoms with Crippen molar-refractivity contribution in [1.29, 1.82) is 0 Å². The SMILES string of the molecule is CCOC(=O)C1=C(C)NC(=S)C(=C=[N-])C1c1cccnc1. The smallest absolute Gasteiger partial charge is 0.336 e. The third kappa shape index (κ3) is 2.91. The summed E-state index contributed by atoms with van der Waals surface area (Å²) in [5.74, 6) is 1.10. The maximum Gasteiger partial charge on any atom is 0.336 e. The fraction of sp³-hybridized carbons (Fsp3) is 0.267. The van der Waals surface area contributed by atoms with Crippen molar-refractivity contribution in [2.75, 3.05) is 6.61 Å². The zero-order valence-electron chi connectivity index (χ0n) is 11.7. The van der Waals surface area contributed by atoms with E-state index >= 15 is 0 Å². The summed E-state index contributed by atoms with van der Waals surface area (Å²) in [6.07, 6.45) is 3.26. The Morgan fingerprint density at radius 2 is 2.38 bits per heavy atom. The number of hydrogen-bond donors (Lipinski definition) is 1. The second-order valence-corrected chi connectivity index (χ2v) is 4.87. The summed E-state index contributed by atoms with van der Waals surface area (Å²) in [4.78, 5) is 16.6. The normalized spacial score (nSPS) is 18.1. The highest BCUT2D eigenvalue weighted by Gasteiger charge is 2.34. The van der Waals surface area contributed by atoms with Crippen LogP contribution < -0.4 is 5.32 Å². The molecule has 1 aromatic rings. The van der Waals surface area contributed by atoms with Crippen LogP contribution in [0.5, 0.6) is 0 Å². The molecule has 0 amide bonds. The number of esters is 1.